The molecule has 11 nitrogen and oxygen atoms in total. The number of aromatic amines is 1. The van der Waals surface area contributed by atoms with Crippen molar-refractivity contribution < 1.29 is 17.9 Å². The van der Waals surface area contributed by atoms with Crippen LogP contribution in [0.5, 0.6) is 5.75 Å². The van der Waals surface area contributed by atoms with Gasteiger partial charge in [0.15, 0.2) is 15.5 Å². The van der Waals surface area contributed by atoms with E-state index in [4.69, 9.17) is 9.47 Å². The lowest BCUT2D eigenvalue weighted by Gasteiger charge is -2.37. The Morgan fingerprint density at radius 1 is 1.03 bits per heavy atom. The molecule has 37 heavy (non-hydrogen) atoms. The summed E-state index contributed by atoms with van der Waals surface area (Å²) in [6, 6.07) is 9.25. The monoisotopic (exact) mass is 525 g/mol. The molecule has 0 spiro atoms. The molecule has 2 aliphatic heterocycles. The van der Waals surface area contributed by atoms with Gasteiger partial charge in [-0.1, -0.05) is 0 Å². The van der Waals surface area contributed by atoms with Gasteiger partial charge in [-0.25, -0.2) is 12.9 Å². The molecule has 0 radical (unpaired) electrons. The number of piperazine rings is 1. The molecule has 4 aromatic rings. The third-order valence-electron chi connectivity index (χ3n) is 7.11. The number of sulfone groups is 1. The van der Waals surface area contributed by atoms with Gasteiger partial charge in [0.1, 0.15) is 17.9 Å². The molecule has 0 bridgehead atoms. The van der Waals surface area contributed by atoms with Crippen LogP contribution in [-0.4, -0.2) is 105 Å². The normalized spacial score (nSPS) is 17.6. The topological polar surface area (TPSA) is 108 Å². The predicted octanol–water partition coefficient (Wildman–Crippen LogP) is 1.65. The highest BCUT2D eigenvalue weighted by molar-refractivity contribution is 7.90. The second kappa shape index (κ2) is 9.84. The minimum atomic E-state index is -3.20. The first-order valence-corrected chi connectivity index (χ1v) is 14.4. The van der Waals surface area contributed by atoms with E-state index >= 15 is 0 Å². The summed E-state index contributed by atoms with van der Waals surface area (Å²) >= 11 is 0. The summed E-state index contributed by atoms with van der Waals surface area (Å²) in [7, 11) is -3.20. The third kappa shape index (κ3) is 4.96. The van der Waals surface area contributed by atoms with Gasteiger partial charge in [-0.05, 0) is 24.3 Å². The number of hydrogen-bond acceptors (Lipinski definition) is 9. The molecule has 0 amide bonds. The molecule has 6 rings (SSSR count). The molecular formula is C25H31N7O4S. The van der Waals surface area contributed by atoms with E-state index in [-0.39, 0.29) is 0 Å². The quantitative estimate of drug-likeness (QED) is 0.385. The largest absolute Gasteiger partial charge is 0.491 e. The number of nitrogens with one attached hydrogen (secondary N) is 1. The number of ether oxygens (including phenoxy) is 2. The van der Waals surface area contributed by atoms with Gasteiger partial charge in [0.25, 0.3) is 0 Å². The molecule has 5 heterocycles. The van der Waals surface area contributed by atoms with Crippen LogP contribution in [0.1, 0.15) is 0 Å². The zero-order chi connectivity index (χ0) is 25.4. The summed E-state index contributed by atoms with van der Waals surface area (Å²) in [5.41, 5.74) is 3.85. The Labute approximate surface area is 215 Å². The minimum absolute atomic E-state index is 0.340. The molecule has 1 aromatic carbocycles. The van der Waals surface area contributed by atoms with Crippen molar-refractivity contribution in [1.29, 1.82) is 0 Å². The second-order valence-electron chi connectivity index (χ2n) is 9.53. The molecule has 2 fully saturated rings. The highest BCUT2D eigenvalue weighted by Crippen LogP contribution is 2.33. The fourth-order valence-corrected chi connectivity index (χ4v) is 5.70. The van der Waals surface area contributed by atoms with Crippen LogP contribution in [0.4, 0.5) is 11.4 Å². The summed E-state index contributed by atoms with van der Waals surface area (Å²) in [6.07, 6.45) is 4.99. The fraction of sp³-hybridized carbons (Fsp3) is 0.440. The van der Waals surface area contributed by atoms with E-state index < -0.39 is 9.84 Å². The maximum absolute atomic E-state index is 11.8. The highest BCUT2D eigenvalue weighted by atomic mass is 32.2. The molecule has 12 heteroatoms. The molecule has 2 saturated heterocycles. The van der Waals surface area contributed by atoms with Crippen molar-refractivity contribution in [2.24, 2.45) is 0 Å². The third-order valence-corrected chi connectivity index (χ3v) is 8.24. The lowest BCUT2D eigenvalue weighted by atomic mass is 10.2. The first-order valence-electron chi connectivity index (χ1n) is 12.5. The summed E-state index contributed by atoms with van der Waals surface area (Å²) in [5, 5.41) is 12.8. The van der Waals surface area contributed by atoms with Gasteiger partial charge in [-0.15, -0.1) is 5.10 Å². The predicted molar refractivity (Wildman–Crippen MR) is 142 cm³/mol. The van der Waals surface area contributed by atoms with Gasteiger partial charge < -0.3 is 19.3 Å². The first kappa shape index (κ1) is 24.0. The zero-order valence-electron chi connectivity index (χ0n) is 20.8. The van der Waals surface area contributed by atoms with Gasteiger partial charge in [-0.2, -0.15) is 5.10 Å². The Hall–Kier alpha value is -3.35. The van der Waals surface area contributed by atoms with E-state index in [1.54, 1.807) is 12.1 Å². The molecule has 0 unspecified atom stereocenters. The first-order chi connectivity index (χ1) is 18.0. The number of anilines is 2. The van der Waals surface area contributed by atoms with Crippen molar-refractivity contribution in [2.75, 3.05) is 81.7 Å². The summed E-state index contributed by atoms with van der Waals surface area (Å²) in [4.78, 5) is 7.34. The fourth-order valence-electron chi connectivity index (χ4n) is 5.07. The minimum Gasteiger partial charge on any atom is -0.491 e. The molecular weight excluding hydrogens is 494 g/mol. The molecule has 3 aromatic heterocycles. The van der Waals surface area contributed by atoms with E-state index in [0.29, 0.717) is 11.5 Å². The molecule has 2 aliphatic rings. The molecule has 0 aliphatic carbocycles. The van der Waals surface area contributed by atoms with Crippen LogP contribution in [-0.2, 0) is 14.6 Å². The molecule has 0 atom stereocenters. The average molecular weight is 526 g/mol. The lowest BCUT2D eigenvalue weighted by Crippen LogP contribution is -2.46. The maximum atomic E-state index is 11.8. The van der Waals surface area contributed by atoms with Crippen LogP contribution in [0.25, 0.3) is 16.6 Å². The Morgan fingerprint density at radius 2 is 1.76 bits per heavy atom. The van der Waals surface area contributed by atoms with E-state index in [1.165, 1.54) is 6.26 Å². The van der Waals surface area contributed by atoms with E-state index in [1.807, 2.05) is 29.0 Å². The van der Waals surface area contributed by atoms with Gasteiger partial charge in [0.05, 0.1) is 41.6 Å². The number of benzene rings is 1. The Morgan fingerprint density at radius 3 is 2.49 bits per heavy atom. The van der Waals surface area contributed by atoms with Crippen molar-refractivity contribution in [3.63, 3.8) is 0 Å². The Kier molecular flexibility index (Phi) is 6.39. The van der Waals surface area contributed by atoms with Crippen molar-refractivity contribution in [1.82, 2.24) is 24.7 Å². The van der Waals surface area contributed by atoms with Crippen molar-refractivity contribution in [2.45, 2.75) is 4.90 Å². The van der Waals surface area contributed by atoms with Crippen molar-refractivity contribution >= 4 is 37.8 Å². The lowest BCUT2D eigenvalue weighted by molar-refractivity contribution is 0.0322. The highest BCUT2D eigenvalue weighted by Gasteiger charge is 2.23. The van der Waals surface area contributed by atoms with Crippen LogP contribution in [0.3, 0.4) is 0 Å². The van der Waals surface area contributed by atoms with E-state index in [0.717, 1.165) is 92.7 Å². The van der Waals surface area contributed by atoms with Crippen LogP contribution in [0.15, 0.2) is 47.6 Å². The number of fused-ring (bicyclic) bond motifs is 3. The van der Waals surface area contributed by atoms with Crippen LogP contribution in [0, 0.1) is 0 Å². The SMILES string of the molecule is CS(=O)(=O)c1ccc(N2CCN(c3cc(OCCN4CCOCC4)cn4nc5[nH]ncc5c34)CC2)cc1. The zero-order valence-corrected chi connectivity index (χ0v) is 21.7. The van der Waals surface area contributed by atoms with Gasteiger partial charge in [-0.3, -0.25) is 10.00 Å². The van der Waals surface area contributed by atoms with Gasteiger partial charge in [0, 0.05) is 63.8 Å². The summed E-state index contributed by atoms with van der Waals surface area (Å²) < 4.78 is 37.1. The molecule has 196 valence electrons. The summed E-state index contributed by atoms with van der Waals surface area (Å²) in [6.45, 7) is 8.13. The van der Waals surface area contributed by atoms with Gasteiger partial charge >= 0.3 is 0 Å². The van der Waals surface area contributed by atoms with Crippen molar-refractivity contribution in [3.05, 3.63) is 42.7 Å². The standard InChI is InChI=1S/C25H31N7O4S/c1-37(33,34)21-4-2-19(3-5-21)30-6-8-31(9-7-30)23-16-20(36-15-12-29-10-13-35-14-11-29)18-32-24(23)22-17-26-27-25(22)28-32/h2-5,16-18H,6-15H2,1H3,(H,27,28). The van der Waals surface area contributed by atoms with E-state index in [2.05, 4.69) is 36.1 Å². The number of morpholine rings is 1. The Balaban J connectivity index is 1.20. The molecule has 1 N–H and O–H groups in total. The van der Waals surface area contributed by atoms with Crippen LogP contribution < -0.4 is 14.5 Å². The Bertz CT molecular complexity index is 1480. The number of hydrogen-bond donors (Lipinski definition) is 1. The summed E-state index contributed by atoms with van der Waals surface area (Å²) in [5.74, 6) is 0.785. The van der Waals surface area contributed by atoms with E-state index in [9.17, 15) is 8.42 Å². The number of rotatable bonds is 7. The number of H-pyrrole nitrogens is 1. The average Bonchev–Trinajstić information content (AvgIpc) is 3.50. The van der Waals surface area contributed by atoms with Crippen molar-refractivity contribution in [3.8, 4) is 5.75 Å². The second-order valence-corrected chi connectivity index (χ2v) is 11.5. The number of pyridine rings is 1. The maximum Gasteiger partial charge on any atom is 0.178 e. The van der Waals surface area contributed by atoms with Gasteiger partial charge in [0.2, 0.25) is 0 Å². The number of nitrogens with zero attached hydrogens (tertiary/aromatic N) is 6. The number of aromatic nitrogens is 4. The van der Waals surface area contributed by atoms with Crippen LogP contribution >= 0.6 is 0 Å². The smallest absolute Gasteiger partial charge is 0.178 e. The molecule has 0 saturated carbocycles. The van der Waals surface area contributed by atoms with Crippen LogP contribution in [0.2, 0.25) is 0 Å².